The average Bonchev–Trinajstić information content (AvgIpc) is 2.63. The number of hydrogen-bond acceptors (Lipinski definition) is 3. The molecule has 0 aliphatic carbocycles. The quantitative estimate of drug-likeness (QED) is 0.819. The molecule has 1 aromatic rings. The minimum Gasteiger partial charge on any atom is -0.481 e. The Morgan fingerprint density at radius 2 is 2.40 bits per heavy atom. The largest absolute Gasteiger partial charge is 0.481 e. The molecule has 0 aromatic carbocycles. The minimum absolute atomic E-state index is 0.00773. The molecule has 4 nitrogen and oxygen atoms in total. The Balaban J connectivity index is 2.28. The van der Waals surface area contributed by atoms with E-state index in [1.54, 1.807) is 12.4 Å². The Labute approximate surface area is 87.9 Å². The Bertz CT molecular complexity index is 389. The van der Waals surface area contributed by atoms with E-state index in [0.717, 1.165) is 16.7 Å². The van der Waals surface area contributed by atoms with E-state index in [0.29, 0.717) is 13.2 Å². The molecule has 0 spiro atoms. The number of carboxylic acids is 1. The van der Waals surface area contributed by atoms with Crippen molar-refractivity contribution in [3.63, 3.8) is 0 Å². The van der Waals surface area contributed by atoms with Crippen molar-refractivity contribution in [3.05, 3.63) is 29.1 Å². The van der Waals surface area contributed by atoms with Gasteiger partial charge in [-0.1, -0.05) is 6.92 Å². The van der Waals surface area contributed by atoms with Crippen LogP contribution < -0.4 is 0 Å². The standard InChI is InChI=1S/C11H13NO3/c1-7(2-11(13)14)9-4-12-3-8-5-15-6-10(8)9/h3-4,7H,2,5-6H2,1H3,(H,13,14). The first-order valence-electron chi connectivity index (χ1n) is 4.93. The van der Waals surface area contributed by atoms with Crippen LogP contribution in [0.4, 0.5) is 0 Å². The first-order valence-corrected chi connectivity index (χ1v) is 4.93. The van der Waals surface area contributed by atoms with Crippen LogP contribution in [0.2, 0.25) is 0 Å². The number of hydrogen-bond donors (Lipinski definition) is 1. The molecule has 1 atom stereocenters. The van der Waals surface area contributed by atoms with Gasteiger partial charge in [-0.2, -0.15) is 0 Å². The summed E-state index contributed by atoms with van der Waals surface area (Å²) in [5, 5.41) is 8.74. The first kappa shape index (κ1) is 10.1. The number of aromatic nitrogens is 1. The van der Waals surface area contributed by atoms with E-state index in [4.69, 9.17) is 9.84 Å². The van der Waals surface area contributed by atoms with Gasteiger partial charge >= 0.3 is 5.97 Å². The maximum atomic E-state index is 10.6. The molecule has 1 N–H and O–H groups in total. The van der Waals surface area contributed by atoms with Crippen LogP contribution in [-0.4, -0.2) is 16.1 Å². The van der Waals surface area contributed by atoms with Crippen molar-refractivity contribution in [1.29, 1.82) is 0 Å². The van der Waals surface area contributed by atoms with Crippen LogP contribution in [0, 0.1) is 0 Å². The summed E-state index contributed by atoms with van der Waals surface area (Å²) >= 11 is 0. The molecule has 1 aliphatic rings. The van der Waals surface area contributed by atoms with Gasteiger partial charge in [-0.3, -0.25) is 9.78 Å². The number of pyridine rings is 1. The van der Waals surface area contributed by atoms with Gasteiger partial charge in [0.2, 0.25) is 0 Å². The zero-order valence-electron chi connectivity index (χ0n) is 8.56. The second kappa shape index (κ2) is 3.98. The van der Waals surface area contributed by atoms with Crippen molar-refractivity contribution in [2.24, 2.45) is 0 Å². The summed E-state index contributed by atoms with van der Waals surface area (Å²) in [5.41, 5.74) is 3.22. The number of ether oxygens (including phenoxy) is 1. The first-order chi connectivity index (χ1) is 7.18. The van der Waals surface area contributed by atoms with E-state index in [9.17, 15) is 4.79 Å². The normalized spacial score (nSPS) is 16.1. The van der Waals surface area contributed by atoms with Crippen molar-refractivity contribution >= 4 is 5.97 Å². The molecule has 0 radical (unpaired) electrons. The molecule has 0 saturated carbocycles. The van der Waals surface area contributed by atoms with E-state index in [2.05, 4.69) is 4.98 Å². The SMILES string of the molecule is CC(CC(=O)O)c1cncc2c1COC2. The van der Waals surface area contributed by atoms with Crippen LogP contribution >= 0.6 is 0 Å². The van der Waals surface area contributed by atoms with Crippen molar-refractivity contribution in [2.75, 3.05) is 0 Å². The molecule has 2 rings (SSSR count). The highest BCUT2D eigenvalue weighted by molar-refractivity contribution is 5.68. The molecule has 0 bridgehead atoms. The van der Waals surface area contributed by atoms with Crippen molar-refractivity contribution in [1.82, 2.24) is 4.98 Å². The monoisotopic (exact) mass is 207 g/mol. The van der Waals surface area contributed by atoms with Crippen molar-refractivity contribution in [3.8, 4) is 0 Å². The highest BCUT2D eigenvalue weighted by Crippen LogP contribution is 2.29. The fourth-order valence-corrected chi connectivity index (χ4v) is 1.91. The second-order valence-corrected chi connectivity index (χ2v) is 3.86. The Morgan fingerprint density at radius 1 is 1.60 bits per heavy atom. The van der Waals surface area contributed by atoms with E-state index >= 15 is 0 Å². The summed E-state index contributed by atoms with van der Waals surface area (Å²) in [6.07, 6.45) is 3.68. The van der Waals surface area contributed by atoms with Gasteiger partial charge in [-0.25, -0.2) is 0 Å². The van der Waals surface area contributed by atoms with Gasteiger partial charge in [0.25, 0.3) is 0 Å². The second-order valence-electron chi connectivity index (χ2n) is 3.86. The smallest absolute Gasteiger partial charge is 0.303 e. The third kappa shape index (κ3) is 1.99. The van der Waals surface area contributed by atoms with Gasteiger partial charge in [0.1, 0.15) is 0 Å². The highest BCUT2D eigenvalue weighted by atomic mass is 16.5. The lowest BCUT2D eigenvalue weighted by Crippen LogP contribution is -2.06. The van der Waals surface area contributed by atoms with Gasteiger partial charge in [0, 0.05) is 18.0 Å². The topological polar surface area (TPSA) is 59.4 Å². The maximum absolute atomic E-state index is 10.6. The molecule has 2 heterocycles. The van der Waals surface area contributed by atoms with Crippen LogP contribution in [0.15, 0.2) is 12.4 Å². The molecular weight excluding hydrogens is 194 g/mol. The number of fused-ring (bicyclic) bond motifs is 1. The van der Waals surface area contributed by atoms with Crippen LogP contribution in [0.25, 0.3) is 0 Å². The fraction of sp³-hybridized carbons (Fsp3) is 0.455. The Hall–Kier alpha value is -1.42. The van der Waals surface area contributed by atoms with E-state index in [1.165, 1.54) is 0 Å². The van der Waals surface area contributed by atoms with Gasteiger partial charge in [-0.15, -0.1) is 0 Å². The Kier molecular flexibility index (Phi) is 2.68. The predicted octanol–water partition coefficient (Wildman–Crippen LogP) is 1.69. The maximum Gasteiger partial charge on any atom is 0.303 e. The van der Waals surface area contributed by atoms with Gasteiger partial charge in [-0.05, 0) is 17.0 Å². The molecule has 1 aliphatic heterocycles. The third-order valence-electron chi connectivity index (χ3n) is 2.70. The van der Waals surface area contributed by atoms with Crippen LogP contribution in [0.1, 0.15) is 36.0 Å². The molecule has 4 heteroatoms. The third-order valence-corrected chi connectivity index (χ3v) is 2.70. The molecule has 0 saturated heterocycles. The molecule has 1 unspecified atom stereocenters. The fourth-order valence-electron chi connectivity index (χ4n) is 1.91. The molecule has 80 valence electrons. The summed E-state index contributed by atoms with van der Waals surface area (Å²) in [7, 11) is 0. The lowest BCUT2D eigenvalue weighted by Gasteiger charge is -2.12. The zero-order chi connectivity index (χ0) is 10.8. The summed E-state index contributed by atoms with van der Waals surface area (Å²) in [6.45, 7) is 3.08. The van der Waals surface area contributed by atoms with E-state index in [1.807, 2.05) is 6.92 Å². The predicted molar refractivity (Wildman–Crippen MR) is 53.4 cm³/mol. The molecule has 0 fully saturated rings. The molecule has 0 amide bonds. The van der Waals surface area contributed by atoms with E-state index in [-0.39, 0.29) is 12.3 Å². The average molecular weight is 207 g/mol. The van der Waals surface area contributed by atoms with Gasteiger partial charge in [0.05, 0.1) is 19.6 Å². The zero-order valence-corrected chi connectivity index (χ0v) is 8.56. The van der Waals surface area contributed by atoms with Crippen LogP contribution in [-0.2, 0) is 22.7 Å². The van der Waals surface area contributed by atoms with Gasteiger partial charge < -0.3 is 9.84 Å². The Morgan fingerprint density at radius 3 is 3.13 bits per heavy atom. The van der Waals surface area contributed by atoms with Crippen molar-refractivity contribution in [2.45, 2.75) is 32.5 Å². The minimum atomic E-state index is -0.779. The number of carboxylic acid groups (broad SMARTS) is 1. The molecular formula is C11H13NO3. The summed E-state index contributed by atoms with van der Waals surface area (Å²) in [4.78, 5) is 14.7. The number of aliphatic carboxylic acids is 1. The van der Waals surface area contributed by atoms with E-state index < -0.39 is 5.97 Å². The number of carbonyl (C=O) groups is 1. The van der Waals surface area contributed by atoms with Crippen LogP contribution in [0.5, 0.6) is 0 Å². The van der Waals surface area contributed by atoms with Gasteiger partial charge in [0.15, 0.2) is 0 Å². The highest BCUT2D eigenvalue weighted by Gasteiger charge is 2.20. The lowest BCUT2D eigenvalue weighted by molar-refractivity contribution is -0.137. The summed E-state index contributed by atoms with van der Waals surface area (Å²) < 4.78 is 5.32. The summed E-state index contributed by atoms with van der Waals surface area (Å²) in [5.74, 6) is -0.786. The number of rotatable bonds is 3. The lowest BCUT2D eigenvalue weighted by atomic mass is 9.94. The number of nitrogens with zero attached hydrogens (tertiary/aromatic N) is 1. The molecule has 1 aromatic heterocycles. The van der Waals surface area contributed by atoms with Crippen molar-refractivity contribution < 1.29 is 14.6 Å². The van der Waals surface area contributed by atoms with Crippen LogP contribution in [0.3, 0.4) is 0 Å². The summed E-state index contributed by atoms with van der Waals surface area (Å²) in [6, 6.07) is 0. The molecule has 15 heavy (non-hydrogen) atoms.